The minimum Gasteiger partial charge on any atom is -0.295 e. The molecular formula is C17H16N2. The van der Waals surface area contributed by atoms with Crippen LogP contribution in [0, 0.1) is 0 Å². The predicted molar refractivity (Wildman–Crippen MR) is 81.0 cm³/mol. The average Bonchev–Trinajstić information content (AvgIpc) is 2.47. The first-order valence-electron chi connectivity index (χ1n) is 6.13. The van der Waals surface area contributed by atoms with Gasteiger partial charge in [0.25, 0.3) is 0 Å². The van der Waals surface area contributed by atoms with Crippen LogP contribution in [0.4, 0.5) is 0 Å². The van der Waals surface area contributed by atoms with Gasteiger partial charge in [-0.3, -0.25) is 5.01 Å². The Morgan fingerprint density at radius 3 is 2.63 bits per heavy atom. The molecule has 0 saturated carbocycles. The Kier molecular flexibility index (Phi) is 4.36. The van der Waals surface area contributed by atoms with Crippen molar-refractivity contribution in [3.63, 3.8) is 0 Å². The van der Waals surface area contributed by atoms with Gasteiger partial charge in [0.15, 0.2) is 0 Å². The largest absolute Gasteiger partial charge is 0.295 e. The van der Waals surface area contributed by atoms with Crippen molar-refractivity contribution in [1.29, 1.82) is 0 Å². The Balaban J connectivity index is 1.97. The highest BCUT2D eigenvalue weighted by Gasteiger charge is 1.97. The lowest BCUT2D eigenvalue weighted by molar-refractivity contribution is 0.391. The maximum Gasteiger partial charge on any atom is 0.0686 e. The van der Waals surface area contributed by atoms with E-state index in [1.807, 2.05) is 66.8 Å². The molecule has 0 heterocycles. The molecule has 2 nitrogen and oxygen atoms in total. The first-order chi connectivity index (χ1) is 9.28. The van der Waals surface area contributed by atoms with Crippen LogP contribution in [-0.4, -0.2) is 24.8 Å². The molecule has 0 spiro atoms. The van der Waals surface area contributed by atoms with Gasteiger partial charge in [-0.15, -0.1) is 0 Å². The highest BCUT2D eigenvalue weighted by molar-refractivity contribution is 5.79. The molecule has 2 heteroatoms. The monoisotopic (exact) mass is 248 g/mol. The Hall–Kier alpha value is -2.53. The van der Waals surface area contributed by atoms with E-state index < -0.39 is 0 Å². The van der Waals surface area contributed by atoms with Crippen LogP contribution >= 0.6 is 0 Å². The first-order valence-corrected chi connectivity index (χ1v) is 6.13. The van der Waals surface area contributed by atoms with E-state index in [0.29, 0.717) is 0 Å². The molecule has 0 N–H and O–H groups in total. The molecule has 0 unspecified atom stereocenters. The highest BCUT2D eigenvalue weighted by Crippen LogP contribution is 2.05. The van der Waals surface area contributed by atoms with Gasteiger partial charge in [0.1, 0.15) is 0 Å². The van der Waals surface area contributed by atoms with Crippen LogP contribution in [0.25, 0.3) is 6.08 Å². The molecule has 0 aliphatic heterocycles. The maximum atomic E-state index is 4.39. The van der Waals surface area contributed by atoms with Crippen molar-refractivity contribution in [2.24, 2.45) is 5.10 Å². The van der Waals surface area contributed by atoms with Gasteiger partial charge in [-0.2, -0.15) is 5.10 Å². The molecular weight excluding hydrogens is 232 g/mol. The van der Waals surface area contributed by atoms with E-state index in [9.17, 15) is 0 Å². The summed E-state index contributed by atoms with van der Waals surface area (Å²) < 4.78 is 0. The van der Waals surface area contributed by atoms with E-state index in [1.165, 1.54) is 0 Å². The van der Waals surface area contributed by atoms with Gasteiger partial charge in [0.2, 0.25) is 0 Å². The quantitative estimate of drug-likeness (QED) is 0.443. The third kappa shape index (κ3) is 4.01. The number of rotatable bonds is 5. The lowest BCUT2D eigenvalue weighted by atomic mass is 10.1. The van der Waals surface area contributed by atoms with Gasteiger partial charge in [-0.25, -0.2) is 0 Å². The Morgan fingerprint density at radius 1 is 1.26 bits per heavy atom. The van der Waals surface area contributed by atoms with E-state index in [1.54, 1.807) is 0 Å². The fraction of sp³-hybridized carbons (Fsp3) is 0.118. The second kappa shape index (κ2) is 6.42. The summed E-state index contributed by atoms with van der Waals surface area (Å²) in [7, 11) is 1.94. The van der Waals surface area contributed by atoms with Crippen molar-refractivity contribution in [2.45, 2.75) is 0 Å². The molecule has 0 bridgehead atoms. The SMILES string of the molecule is C=Cc1ccc(C=NN(C)CC2=C=C=CC=C2)cc1. The predicted octanol–water partition coefficient (Wildman–Crippen LogP) is 3.40. The zero-order chi connectivity index (χ0) is 13.5. The summed E-state index contributed by atoms with van der Waals surface area (Å²) in [6.07, 6.45) is 9.49. The van der Waals surface area contributed by atoms with Crippen LogP contribution in [0.2, 0.25) is 0 Å². The Morgan fingerprint density at radius 2 is 2.00 bits per heavy atom. The summed E-state index contributed by atoms with van der Waals surface area (Å²) in [5.41, 5.74) is 9.26. The second-order valence-electron chi connectivity index (χ2n) is 4.25. The van der Waals surface area contributed by atoms with Crippen molar-refractivity contribution >= 4 is 12.3 Å². The molecule has 1 aromatic rings. The third-order valence-electron chi connectivity index (χ3n) is 2.68. The molecule has 0 atom stereocenters. The van der Waals surface area contributed by atoms with Gasteiger partial charge < -0.3 is 0 Å². The van der Waals surface area contributed by atoms with E-state index in [-0.39, 0.29) is 0 Å². The van der Waals surface area contributed by atoms with Crippen LogP contribution < -0.4 is 0 Å². The van der Waals surface area contributed by atoms with Crippen molar-refractivity contribution < 1.29 is 0 Å². The van der Waals surface area contributed by atoms with Crippen LogP contribution in [0.5, 0.6) is 0 Å². The number of benzene rings is 1. The number of allylic oxidation sites excluding steroid dienone is 2. The maximum absolute atomic E-state index is 4.39. The highest BCUT2D eigenvalue weighted by atomic mass is 15.4. The Bertz CT molecular complexity index is 605. The van der Waals surface area contributed by atoms with Crippen LogP contribution in [0.1, 0.15) is 11.1 Å². The fourth-order valence-electron chi connectivity index (χ4n) is 1.65. The minimum absolute atomic E-state index is 0.721. The Labute approximate surface area is 114 Å². The van der Waals surface area contributed by atoms with E-state index >= 15 is 0 Å². The molecule has 0 saturated heterocycles. The lowest BCUT2D eigenvalue weighted by Gasteiger charge is -2.12. The molecule has 0 aromatic heterocycles. The van der Waals surface area contributed by atoms with Gasteiger partial charge in [-0.05, 0) is 23.3 Å². The van der Waals surface area contributed by atoms with Crippen molar-refractivity contribution in [2.75, 3.05) is 13.6 Å². The van der Waals surface area contributed by atoms with Crippen molar-refractivity contribution in [3.8, 4) is 0 Å². The molecule has 1 aliphatic carbocycles. The summed E-state index contributed by atoms with van der Waals surface area (Å²) in [4.78, 5) is 0. The summed E-state index contributed by atoms with van der Waals surface area (Å²) in [5, 5.41) is 6.27. The summed E-state index contributed by atoms with van der Waals surface area (Å²) in [5.74, 6) is 0. The first kappa shape index (κ1) is 12.9. The van der Waals surface area contributed by atoms with Crippen LogP contribution in [-0.2, 0) is 0 Å². The standard InChI is InChI=1S/C17H16N2/c1-3-15-9-11-16(12-10-15)13-18-19(2)14-17-7-5-4-6-8-17/h3-5,7,9-13H,1,14H2,2H3. The van der Waals surface area contributed by atoms with Gasteiger partial charge in [0, 0.05) is 12.6 Å². The molecule has 0 amide bonds. The van der Waals surface area contributed by atoms with Crippen LogP contribution in [0.3, 0.4) is 0 Å². The molecule has 1 aromatic carbocycles. The molecule has 19 heavy (non-hydrogen) atoms. The number of nitrogens with zero attached hydrogens (tertiary/aromatic N) is 2. The molecule has 2 rings (SSSR count). The topological polar surface area (TPSA) is 15.6 Å². The zero-order valence-electron chi connectivity index (χ0n) is 11.0. The van der Waals surface area contributed by atoms with Gasteiger partial charge >= 0.3 is 0 Å². The molecule has 0 fully saturated rings. The number of likely N-dealkylation sites (N-methyl/N-ethyl adjacent to an activating group) is 1. The zero-order valence-corrected chi connectivity index (χ0v) is 11.0. The molecule has 94 valence electrons. The normalized spacial score (nSPS) is 12.8. The number of hydrogen-bond donors (Lipinski definition) is 0. The van der Waals surface area contributed by atoms with E-state index in [4.69, 9.17) is 0 Å². The van der Waals surface area contributed by atoms with Crippen LogP contribution in [0.15, 0.2) is 71.2 Å². The summed E-state index contributed by atoms with van der Waals surface area (Å²) >= 11 is 0. The number of hydrazone groups is 1. The summed E-state index contributed by atoms with van der Waals surface area (Å²) in [6, 6.07) is 8.09. The lowest BCUT2D eigenvalue weighted by Crippen LogP contribution is -2.14. The average molecular weight is 248 g/mol. The summed E-state index contributed by atoms with van der Waals surface area (Å²) in [6.45, 7) is 4.45. The van der Waals surface area contributed by atoms with E-state index in [0.717, 1.165) is 23.2 Å². The third-order valence-corrected chi connectivity index (χ3v) is 2.68. The molecule has 0 radical (unpaired) electrons. The smallest absolute Gasteiger partial charge is 0.0686 e. The minimum atomic E-state index is 0.721. The van der Waals surface area contributed by atoms with Crippen molar-refractivity contribution in [1.82, 2.24) is 5.01 Å². The second-order valence-corrected chi connectivity index (χ2v) is 4.25. The van der Waals surface area contributed by atoms with Crippen molar-refractivity contribution in [3.05, 3.63) is 77.2 Å². The number of hydrogen-bond acceptors (Lipinski definition) is 2. The molecule has 1 aliphatic rings. The van der Waals surface area contributed by atoms with Gasteiger partial charge in [-0.1, -0.05) is 54.5 Å². The van der Waals surface area contributed by atoms with Gasteiger partial charge in [0.05, 0.1) is 12.8 Å². The fourth-order valence-corrected chi connectivity index (χ4v) is 1.65. The van der Waals surface area contributed by atoms with E-state index in [2.05, 4.69) is 23.1 Å².